The Morgan fingerprint density at radius 3 is 2.31 bits per heavy atom. The molecule has 2 aromatic heterocycles. The molecule has 1 aromatic carbocycles. The summed E-state index contributed by atoms with van der Waals surface area (Å²) in [7, 11) is 0. The minimum absolute atomic E-state index is 0.312. The van der Waals surface area contributed by atoms with Crippen LogP contribution in [0.1, 0.15) is 45.1 Å². The van der Waals surface area contributed by atoms with Crippen molar-refractivity contribution in [2.24, 2.45) is 5.92 Å². The van der Waals surface area contributed by atoms with Crippen LogP contribution in [0.25, 0.3) is 16.6 Å². The number of piperazine rings is 1. The molecule has 0 atom stereocenters. The van der Waals surface area contributed by atoms with E-state index in [1.807, 2.05) is 15.6 Å². The second-order valence-corrected chi connectivity index (χ2v) is 10.5. The van der Waals surface area contributed by atoms with Gasteiger partial charge in [0.05, 0.1) is 11.2 Å². The highest BCUT2D eigenvalue weighted by Gasteiger charge is 2.34. The zero-order valence-corrected chi connectivity index (χ0v) is 21.5. The highest BCUT2D eigenvalue weighted by molar-refractivity contribution is 5.83. The molecule has 0 unspecified atom stereocenters. The molecule has 3 aromatic rings. The molecular formula is C29H39N5O. The third-order valence-electron chi connectivity index (χ3n) is 7.67. The third kappa shape index (κ3) is 5.37. The lowest BCUT2D eigenvalue weighted by atomic mass is 10.0. The number of carbonyl (C=O) groups excluding carboxylic acids is 1. The van der Waals surface area contributed by atoms with Gasteiger partial charge in [-0.05, 0) is 82.8 Å². The van der Waals surface area contributed by atoms with Crippen molar-refractivity contribution in [1.29, 1.82) is 0 Å². The lowest BCUT2D eigenvalue weighted by Crippen LogP contribution is -2.49. The summed E-state index contributed by atoms with van der Waals surface area (Å²) in [6.07, 6.45) is 8.96. The standard InChI is InChI=1S/C22H24N4O.C7H15N/c1-16-4-2-3-5-19(16)18-14-21-20(8-9-23-26(21)15-18)24-10-12-25(13-11-24)22(27)17-6-7-17;1-7(2)8-5-3-4-6-8/h2-5,8-9,14-15,17H,6-7,10-13H2,1H3;7H,3-6H2,1-2H3. The summed E-state index contributed by atoms with van der Waals surface area (Å²) in [5.74, 6) is 0.672. The van der Waals surface area contributed by atoms with Crippen molar-refractivity contribution < 1.29 is 4.79 Å². The molecule has 35 heavy (non-hydrogen) atoms. The smallest absolute Gasteiger partial charge is 0.225 e. The molecule has 186 valence electrons. The number of carbonyl (C=O) groups is 1. The summed E-state index contributed by atoms with van der Waals surface area (Å²) < 4.78 is 1.97. The fourth-order valence-electron chi connectivity index (χ4n) is 5.33. The van der Waals surface area contributed by atoms with Gasteiger partial charge < -0.3 is 14.7 Å². The number of aryl methyl sites for hydroxylation is 1. The summed E-state index contributed by atoms with van der Waals surface area (Å²) >= 11 is 0. The van der Waals surface area contributed by atoms with Crippen LogP contribution in [0, 0.1) is 12.8 Å². The first-order valence-electron chi connectivity index (χ1n) is 13.3. The van der Waals surface area contributed by atoms with E-state index in [-0.39, 0.29) is 0 Å². The predicted octanol–water partition coefficient (Wildman–Crippen LogP) is 4.86. The van der Waals surface area contributed by atoms with Crippen molar-refractivity contribution in [2.75, 3.05) is 44.2 Å². The fraction of sp³-hybridized carbons (Fsp3) is 0.517. The Balaban J connectivity index is 0.000000271. The molecule has 2 saturated heterocycles. The summed E-state index contributed by atoms with van der Waals surface area (Å²) in [6, 6.07) is 13.5. The normalized spacial score (nSPS) is 18.7. The minimum atomic E-state index is 0.312. The maximum atomic E-state index is 12.3. The van der Waals surface area contributed by atoms with Gasteiger partial charge in [0.25, 0.3) is 0 Å². The van der Waals surface area contributed by atoms with E-state index >= 15 is 0 Å². The number of fused-ring (bicyclic) bond motifs is 1. The van der Waals surface area contributed by atoms with Crippen LogP contribution < -0.4 is 4.90 Å². The summed E-state index contributed by atoms with van der Waals surface area (Å²) in [4.78, 5) is 19.3. The van der Waals surface area contributed by atoms with E-state index < -0.39 is 0 Å². The molecule has 6 rings (SSSR count). The Bertz CT molecular complexity index is 1150. The lowest BCUT2D eigenvalue weighted by Gasteiger charge is -2.36. The summed E-state index contributed by atoms with van der Waals surface area (Å²) in [5.41, 5.74) is 6.02. The quantitative estimate of drug-likeness (QED) is 0.543. The number of likely N-dealkylation sites (tertiary alicyclic amines) is 1. The number of hydrogen-bond acceptors (Lipinski definition) is 4. The maximum absolute atomic E-state index is 12.3. The van der Waals surface area contributed by atoms with Crippen LogP contribution >= 0.6 is 0 Å². The van der Waals surface area contributed by atoms with Gasteiger partial charge in [0.15, 0.2) is 0 Å². The lowest BCUT2D eigenvalue weighted by molar-refractivity contribution is -0.132. The molecule has 0 spiro atoms. The third-order valence-corrected chi connectivity index (χ3v) is 7.67. The van der Waals surface area contributed by atoms with Gasteiger partial charge in [0.2, 0.25) is 5.91 Å². The Morgan fingerprint density at radius 2 is 1.69 bits per heavy atom. The first kappa shape index (κ1) is 23.9. The average molecular weight is 474 g/mol. The molecule has 2 aliphatic heterocycles. The molecule has 1 saturated carbocycles. The van der Waals surface area contributed by atoms with Gasteiger partial charge in [0.1, 0.15) is 0 Å². The summed E-state index contributed by atoms with van der Waals surface area (Å²) in [6.45, 7) is 12.7. The molecule has 3 fully saturated rings. The largest absolute Gasteiger partial charge is 0.366 e. The zero-order valence-electron chi connectivity index (χ0n) is 21.5. The number of benzene rings is 1. The van der Waals surface area contributed by atoms with Gasteiger partial charge in [-0.3, -0.25) is 4.79 Å². The van der Waals surface area contributed by atoms with E-state index in [2.05, 4.69) is 78.3 Å². The van der Waals surface area contributed by atoms with Gasteiger partial charge in [-0.25, -0.2) is 4.52 Å². The highest BCUT2D eigenvalue weighted by Crippen LogP contribution is 2.33. The van der Waals surface area contributed by atoms with Crippen molar-refractivity contribution in [2.45, 2.75) is 52.5 Å². The molecule has 1 amide bonds. The van der Waals surface area contributed by atoms with E-state index in [9.17, 15) is 4.79 Å². The first-order valence-corrected chi connectivity index (χ1v) is 13.3. The van der Waals surface area contributed by atoms with E-state index in [0.717, 1.165) is 50.6 Å². The molecule has 6 nitrogen and oxygen atoms in total. The SMILES string of the molecule is CC(C)N1CCCC1.Cc1ccccc1-c1cc2c(N3CCN(C(=O)C4CC4)CC3)ccnn2c1. The van der Waals surface area contributed by atoms with Crippen LogP contribution in [0.2, 0.25) is 0 Å². The van der Waals surface area contributed by atoms with E-state index in [0.29, 0.717) is 11.8 Å². The molecule has 6 heteroatoms. The van der Waals surface area contributed by atoms with Crippen LogP contribution in [0.5, 0.6) is 0 Å². The highest BCUT2D eigenvalue weighted by atomic mass is 16.2. The van der Waals surface area contributed by atoms with Crippen LogP contribution in [-0.4, -0.2) is 70.6 Å². The van der Waals surface area contributed by atoms with Crippen molar-refractivity contribution in [3.05, 3.63) is 54.4 Å². The molecule has 3 aliphatic rings. The number of amides is 1. The maximum Gasteiger partial charge on any atom is 0.225 e. The second kappa shape index (κ2) is 10.4. The van der Waals surface area contributed by atoms with Crippen molar-refractivity contribution in [1.82, 2.24) is 19.4 Å². The molecule has 4 heterocycles. The number of hydrogen-bond donors (Lipinski definition) is 0. The number of aromatic nitrogens is 2. The van der Waals surface area contributed by atoms with Gasteiger partial charge in [-0.2, -0.15) is 5.10 Å². The van der Waals surface area contributed by atoms with E-state index in [1.54, 1.807) is 0 Å². The molecule has 0 N–H and O–H groups in total. The Kier molecular flexibility index (Phi) is 7.09. The molecular weight excluding hydrogens is 434 g/mol. The van der Waals surface area contributed by atoms with E-state index in [1.165, 1.54) is 48.3 Å². The van der Waals surface area contributed by atoms with Gasteiger partial charge >= 0.3 is 0 Å². The number of nitrogens with zero attached hydrogens (tertiary/aromatic N) is 5. The fourth-order valence-corrected chi connectivity index (χ4v) is 5.33. The van der Waals surface area contributed by atoms with Gasteiger partial charge in [-0.15, -0.1) is 0 Å². The van der Waals surface area contributed by atoms with E-state index in [4.69, 9.17) is 0 Å². The van der Waals surface area contributed by atoms with Crippen LogP contribution in [-0.2, 0) is 4.79 Å². The minimum Gasteiger partial charge on any atom is -0.366 e. The zero-order chi connectivity index (χ0) is 24.4. The number of anilines is 1. The summed E-state index contributed by atoms with van der Waals surface area (Å²) in [5, 5.41) is 4.51. The second-order valence-electron chi connectivity index (χ2n) is 10.5. The Labute approximate surface area is 209 Å². The Hall–Kier alpha value is -2.86. The number of rotatable bonds is 4. The molecule has 0 bridgehead atoms. The Morgan fingerprint density at radius 1 is 0.971 bits per heavy atom. The van der Waals surface area contributed by atoms with Gasteiger partial charge in [-0.1, -0.05) is 24.3 Å². The topological polar surface area (TPSA) is 44.1 Å². The van der Waals surface area contributed by atoms with Crippen molar-refractivity contribution in [3.63, 3.8) is 0 Å². The predicted molar refractivity (Wildman–Crippen MR) is 143 cm³/mol. The van der Waals surface area contributed by atoms with Crippen LogP contribution in [0.15, 0.2) is 48.8 Å². The van der Waals surface area contributed by atoms with Crippen molar-refractivity contribution >= 4 is 17.1 Å². The monoisotopic (exact) mass is 473 g/mol. The molecule has 0 radical (unpaired) electrons. The van der Waals surface area contributed by atoms with Crippen LogP contribution in [0.3, 0.4) is 0 Å². The van der Waals surface area contributed by atoms with Crippen LogP contribution in [0.4, 0.5) is 5.69 Å². The molecule has 1 aliphatic carbocycles. The average Bonchev–Trinajstić information content (AvgIpc) is 3.38. The van der Waals surface area contributed by atoms with Gasteiger partial charge in [0, 0.05) is 56.1 Å². The van der Waals surface area contributed by atoms with Crippen molar-refractivity contribution in [3.8, 4) is 11.1 Å². The first-order chi connectivity index (χ1) is 17.0.